The second-order valence-corrected chi connectivity index (χ2v) is 2.92. The minimum atomic E-state index is -1.01. The topological polar surface area (TPSA) is 73.6 Å². The molecule has 0 saturated carbocycles. The van der Waals surface area contributed by atoms with Crippen LogP contribution in [0.15, 0.2) is 6.20 Å². The number of hydrogen-bond acceptors (Lipinski definition) is 4. The monoisotopic (exact) mass is 198 g/mol. The van der Waals surface area contributed by atoms with Crippen LogP contribution in [0.3, 0.4) is 0 Å². The average Bonchev–Trinajstić information content (AvgIpc) is 2.58. The first-order chi connectivity index (χ1) is 6.77. The van der Waals surface area contributed by atoms with Crippen molar-refractivity contribution in [2.24, 2.45) is 0 Å². The van der Waals surface area contributed by atoms with Crippen LogP contribution in [0.2, 0.25) is 0 Å². The summed E-state index contributed by atoms with van der Waals surface area (Å²) in [5.41, 5.74) is 0. The summed E-state index contributed by atoms with van der Waals surface area (Å²) in [6.07, 6.45) is 2.39. The highest BCUT2D eigenvalue weighted by atomic mass is 16.5. The van der Waals surface area contributed by atoms with Gasteiger partial charge < -0.3 is 14.6 Å². The SMILES string of the molecule is O=C(O)COc1cnn2c1OCCC2. The summed E-state index contributed by atoms with van der Waals surface area (Å²) < 4.78 is 12.0. The number of aryl methyl sites for hydroxylation is 1. The van der Waals surface area contributed by atoms with Gasteiger partial charge >= 0.3 is 5.97 Å². The van der Waals surface area contributed by atoms with Crippen LogP contribution in [-0.4, -0.2) is 34.1 Å². The maximum Gasteiger partial charge on any atom is 0.341 e. The zero-order chi connectivity index (χ0) is 9.97. The Balaban J connectivity index is 2.10. The van der Waals surface area contributed by atoms with Crippen LogP contribution >= 0.6 is 0 Å². The van der Waals surface area contributed by atoms with Gasteiger partial charge in [-0.2, -0.15) is 5.10 Å². The number of carbonyl (C=O) groups is 1. The van der Waals surface area contributed by atoms with Crippen molar-refractivity contribution in [3.8, 4) is 11.6 Å². The summed E-state index contributed by atoms with van der Waals surface area (Å²) in [7, 11) is 0. The number of carboxylic acids is 1. The highest BCUT2D eigenvalue weighted by Gasteiger charge is 2.17. The van der Waals surface area contributed by atoms with Gasteiger partial charge in [-0.25, -0.2) is 9.48 Å². The second kappa shape index (κ2) is 3.57. The molecule has 14 heavy (non-hydrogen) atoms. The van der Waals surface area contributed by atoms with E-state index in [1.54, 1.807) is 4.68 Å². The quantitative estimate of drug-likeness (QED) is 0.747. The molecule has 0 bridgehead atoms. The van der Waals surface area contributed by atoms with Crippen molar-refractivity contribution in [3.05, 3.63) is 6.20 Å². The Labute approximate surface area is 80.0 Å². The standard InChI is InChI=1S/C8H10N2O4/c11-7(12)5-14-6-4-9-10-2-1-3-13-8(6)10/h4H,1-3,5H2,(H,11,12). The summed E-state index contributed by atoms with van der Waals surface area (Å²) in [6, 6.07) is 0. The van der Waals surface area contributed by atoms with Crippen molar-refractivity contribution in [2.45, 2.75) is 13.0 Å². The number of hydrogen-bond donors (Lipinski definition) is 1. The highest BCUT2D eigenvalue weighted by Crippen LogP contribution is 2.29. The molecule has 6 nitrogen and oxygen atoms in total. The second-order valence-electron chi connectivity index (χ2n) is 2.92. The zero-order valence-corrected chi connectivity index (χ0v) is 7.47. The molecule has 1 aromatic rings. The lowest BCUT2D eigenvalue weighted by molar-refractivity contribution is -0.139. The van der Waals surface area contributed by atoms with Gasteiger partial charge in [0.1, 0.15) is 0 Å². The Morgan fingerprint density at radius 2 is 2.64 bits per heavy atom. The molecular formula is C8H10N2O4. The van der Waals surface area contributed by atoms with Crippen LogP contribution in [0, 0.1) is 0 Å². The predicted molar refractivity (Wildman–Crippen MR) is 45.5 cm³/mol. The maximum absolute atomic E-state index is 10.3. The van der Waals surface area contributed by atoms with Gasteiger partial charge in [0.25, 0.3) is 5.88 Å². The lowest BCUT2D eigenvalue weighted by Gasteiger charge is -2.15. The number of aromatic nitrogens is 2. The maximum atomic E-state index is 10.3. The lowest BCUT2D eigenvalue weighted by atomic mass is 10.4. The number of rotatable bonds is 3. The fourth-order valence-electron chi connectivity index (χ4n) is 1.28. The smallest absolute Gasteiger partial charge is 0.341 e. The Morgan fingerprint density at radius 1 is 1.79 bits per heavy atom. The van der Waals surface area contributed by atoms with E-state index in [2.05, 4.69) is 5.10 Å². The van der Waals surface area contributed by atoms with Gasteiger partial charge in [-0.1, -0.05) is 0 Å². The molecule has 0 aliphatic carbocycles. The van der Waals surface area contributed by atoms with Gasteiger partial charge in [0.2, 0.25) is 5.75 Å². The van der Waals surface area contributed by atoms with Crippen LogP contribution in [0.5, 0.6) is 11.6 Å². The summed E-state index contributed by atoms with van der Waals surface area (Å²) in [4.78, 5) is 10.3. The van der Waals surface area contributed by atoms with Crippen LogP contribution in [0.1, 0.15) is 6.42 Å². The Bertz CT molecular complexity index is 347. The first-order valence-corrected chi connectivity index (χ1v) is 4.30. The zero-order valence-electron chi connectivity index (χ0n) is 7.47. The van der Waals surface area contributed by atoms with E-state index in [1.165, 1.54) is 6.20 Å². The van der Waals surface area contributed by atoms with Gasteiger partial charge in [0.15, 0.2) is 6.61 Å². The van der Waals surface area contributed by atoms with Crippen molar-refractivity contribution in [3.63, 3.8) is 0 Å². The van der Waals surface area contributed by atoms with E-state index >= 15 is 0 Å². The number of aliphatic carboxylic acids is 1. The number of carboxylic acid groups (broad SMARTS) is 1. The molecular weight excluding hydrogens is 188 g/mol. The Kier molecular flexibility index (Phi) is 2.26. The van der Waals surface area contributed by atoms with E-state index < -0.39 is 5.97 Å². The number of nitrogens with zero attached hydrogens (tertiary/aromatic N) is 2. The molecule has 2 rings (SSSR count). The van der Waals surface area contributed by atoms with Crippen LogP contribution < -0.4 is 9.47 Å². The van der Waals surface area contributed by atoms with Crippen molar-refractivity contribution in [1.29, 1.82) is 0 Å². The number of ether oxygens (including phenoxy) is 2. The van der Waals surface area contributed by atoms with Crippen molar-refractivity contribution in [2.75, 3.05) is 13.2 Å². The third-order valence-electron chi connectivity index (χ3n) is 1.86. The summed E-state index contributed by atoms with van der Waals surface area (Å²) >= 11 is 0. The fraction of sp³-hybridized carbons (Fsp3) is 0.500. The summed E-state index contributed by atoms with van der Waals surface area (Å²) in [5, 5.41) is 12.4. The van der Waals surface area contributed by atoms with Crippen molar-refractivity contribution in [1.82, 2.24) is 9.78 Å². The van der Waals surface area contributed by atoms with Crippen molar-refractivity contribution >= 4 is 5.97 Å². The Hall–Kier alpha value is -1.72. The van der Waals surface area contributed by atoms with Gasteiger partial charge in [-0.15, -0.1) is 0 Å². The molecule has 1 aromatic heterocycles. The van der Waals surface area contributed by atoms with Gasteiger partial charge in [-0.05, 0) is 0 Å². The van der Waals surface area contributed by atoms with Gasteiger partial charge in [-0.3, -0.25) is 0 Å². The molecule has 6 heteroatoms. The first-order valence-electron chi connectivity index (χ1n) is 4.30. The first kappa shape index (κ1) is 8.86. The molecule has 0 amide bonds. The normalized spacial score (nSPS) is 14.3. The molecule has 1 N–H and O–H groups in total. The molecule has 0 saturated heterocycles. The van der Waals surface area contributed by atoms with Crippen molar-refractivity contribution < 1.29 is 19.4 Å². The minimum Gasteiger partial charge on any atom is -0.479 e. The van der Waals surface area contributed by atoms with E-state index in [9.17, 15) is 4.79 Å². The van der Waals surface area contributed by atoms with E-state index in [0.29, 0.717) is 18.2 Å². The summed E-state index contributed by atoms with van der Waals surface area (Å²) in [5.74, 6) is -0.0923. The minimum absolute atomic E-state index is 0.373. The van der Waals surface area contributed by atoms with E-state index in [-0.39, 0.29) is 6.61 Å². The molecule has 0 atom stereocenters. The van der Waals surface area contributed by atoms with Crippen LogP contribution in [-0.2, 0) is 11.3 Å². The summed E-state index contributed by atoms with van der Waals surface area (Å²) in [6.45, 7) is 1.03. The molecule has 0 fully saturated rings. The lowest BCUT2D eigenvalue weighted by Crippen LogP contribution is -2.16. The molecule has 0 radical (unpaired) electrons. The van der Waals surface area contributed by atoms with Crippen LogP contribution in [0.4, 0.5) is 0 Å². The number of fused-ring (bicyclic) bond motifs is 1. The average molecular weight is 198 g/mol. The molecule has 0 unspecified atom stereocenters. The molecule has 76 valence electrons. The fourth-order valence-corrected chi connectivity index (χ4v) is 1.28. The van der Waals surface area contributed by atoms with Gasteiger partial charge in [0, 0.05) is 13.0 Å². The molecule has 2 heterocycles. The largest absolute Gasteiger partial charge is 0.479 e. The highest BCUT2D eigenvalue weighted by molar-refractivity contribution is 5.68. The third kappa shape index (κ3) is 1.63. The third-order valence-corrected chi connectivity index (χ3v) is 1.86. The predicted octanol–water partition coefficient (Wildman–Crippen LogP) is 0.129. The molecule has 1 aliphatic heterocycles. The molecule has 0 aromatic carbocycles. The van der Waals surface area contributed by atoms with Gasteiger partial charge in [0.05, 0.1) is 12.8 Å². The van der Waals surface area contributed by atoms with E-state index in [1.807, 2.05) is 0 Å². The Morgan fingerprint density at radius 3 is 3.43 bits per heavy atom. The molecule has 0 spiro atoms. The van der Waals surface area contributed by atoms with E-state index in [4.69, 9.17) is 14.6 Å². The van der Waals surface area contributed by atoms with E-state index in [0.717, 1.165) is 13.0 Å². The molecule has 1 aliphatic rings. The van der Waals surface area contributed by atoms with Crippen LogP contribution in [0.25, 0.3) is 0 Å².